The van der Waals surface area contributed by atoms with E-state index in [0.717, 1.165) is 63.6 Å². The second-order valence-electron chi connectivity index (χ2n) is 7.98. The number of hydrogen-bond acceptors (Lipinski definition) is 4. The minimum atomic E-state index is -0.445. The van der Waals surface area contributed by atoms with Gasteiger partial charge in [-0.15, -0.1) is 24.0 Å². The number of rotatable bonds is 6. The van der Waals surface area contributed by atoms with E-state index in [1.54, 1.807) is 13.3 Å². The summed E-state index contributed by atoms with van der Waals surface area (Å²) in [6.45, 7) is 8.86. The van der Waals surface area contributed by atoms with Crippen molar-refractivity contribution in [1.82, 2.24) is 15.5 Å². The van der Waals surface area contributed by atoms with Crippen molar-refractivity contribution in [3.8, 4) is 0 Å². The molecule has 1 aromatic rings. The van der Waals surface area contributed by atoms with Crippen LogP contribution < -0.4 is 10.6 Å². The molecule has 1 aliphatic rings. The quantitative estimate of drug-likeness (QED) is 0.350. The lowest BCUT2D eigenvalue weighted by Gasteiger charge is -2.34. The summed E-state index contributed by atoms with van der Waals surface area (Å²) in [5, 5.41) is 6.65. The summed E-state index contributed by atoms with van der Waals surface area (Å²) < 4.78 is 10.8. The molecule has 0 aliphatic carbocycles. The highest BCUT2D eigenvalue weighted by Gasteiger charge is 2.27. The van der Waals surface area contributed by atoms with Gasteiger partial charge in [-0.1, -0.05) is 0 Å². The molecule has 0 radical (unpaired) electrons. The first kappa shape index (κ1) is 24.6. The third kappa shape index (κ3) is 9.16. The number of guanidine groups is 1. The Balaban J connectivity index is 0.00000392. The van der Waals surface area contributed by atoms with E-state index < -0.39 is 5.60 Å². The highest BCUT2D eigenvalue weighted by atomic mass is 127. The fourth-order valence-electron chi connectivity index (χ4n) is 3.17. The number of carbonyl (C=O) groups excluding carboxylic acids is 1. The molecule has 1 amide bonds. The molecule has 1 aromatic heterocycles. The van der Waals surface area contributed by atoms with E-state index in [-0.39, 0.29) is 30.1 Å². The maximum absolute atomic E-state index is 12.3. The fraction of sp³-hybridized carbons (Fsp3) is 0.700. The lowest BCUT2D eigenvalue weighted by molar-refractivity contribution is 0.0162. The number of aliphatic imine (C=N–C) groups is 1. The Bertz CT molecular complexity index is 599. The first-order valence-electron chi connectivity index (χ1n) is 9.82. The van der Waals surface area contributed by atoms with Gasteiger partial charge in [-0.25, -0.2) is 4.79 Å². The maximum atomic E-state index is 12.3. The zero-order valence-corrected chi connectivity index (χ0v) is 19.8. The number of amides is 1. The Morgan fingerprint density at radius 1 is 1.36 bits per heavy atom. The number of nitrogens with one attached hydrogen (secondary N) is 2. The fourth-order valence-corrected chi connectivity index (χ4v) is 3.17. The van der Waals surface area contributed by atoms with Gasteiger partial charge >= 0.3 is 6.09 Å². The molecule has 28 heavy (non-hydrogen) atoms. The number of furan rings is 1. The van der Waals surface area contributed by atoms with Gasteiger partial charge in [0.2, 0.25) is 0 Å². The Hall–Kier alpha value is -1.45. The summed E-state index contributed by atoms with van der Waals surface area (Å²) in [6.07, 6.45) is 5.48. The van der Waals surface area contributed by atoms with Gasteiger partial charge in [0.25, 0.3) is 0 Å². The largest absolute Gasteiger partial charge is 0.469 e. The van der Waals surface area contributed by atoms with Crippen LogP contribution in [-0.2, 0) is 11.2 Å². The second-order valence-corrected chi connectivity index (χ2v) is 7.98. The number of hydrogen-bond donors (Lipinski definition) is 2. The van der Waals surface area contributed by atoms with Crippen LogP contribution >= 0.6 is 24.0 Å². The third-order valence-corrected chi connectivity index (χ3v) is 4.48. The van der Waals surface area contributed by atoms with Crippen molar-refractivity contribution in [2.24, 2.45) is 10.9 Å². The van der Waals surface area contributed by atoms with Crippen LogP contribution in [0.4, 0.5) is 4.79 Å². The molecular formula is C20H35IN4O3. The average molecular weight is 506 g/mol. The first-order chi connectivity index (χ1) is 12.9. The van der Waals surface area contributed by atoms with Crippen LogP contribution in [0.15, 0.2) is 27.8 Å². The first-order valence-corrected chi connectivity index (χ1v) is 9.82. The SMILES string of the molecule is CN=C(NCCc1ccco1)NCCC1CCCN(C(=O)OC(C)(C)C)C1.I. The standard InChI is InChI=1S/C20H34N4O3.HI/c1-20(2,3)27-19(25)24-13-5-7-16(15-24)9-11-22-18(21-4)23-12-10-17-8-6-14-26-17;/h6,8,14,16H,5,7,9-13,15H2,1-4H3,(H2,21,22,23);1H. The number of carbonyl (C=O) groups is 1. The zero-order chi connectivity index (χ0) is 19.7. The molecule has 1 unspecified atom stereocenters. The smallest absolute Gasteiger partial charge is 0.410 e. The topological polar surface area (TPSA) is 79.1 Å². The summed E-state index contributed by atoms with van der Waals surface area (Å²) in [5.74, 6) is 2.24. The monoisotopic (exact) mass is 506 g/mol. The van der Waals surface area contributed by atoms with Crippen molar-refractivity contribution in [1.29, 1.82) is 0 Å². The number of nitrogens with zero attached hydrogens (tertiary/aromatic N) is 2. The van der Waals surface area contributed by atoms with Crippen molar-refractivity contribution < 1.29 is 13.9 Å². The highest BCUT2D eigenvalue weighted by Crippen LogP contribution is 2.21. The van der Waals surface area contributed by atoms with Crippen LogP contribution in [0.1, 0.15) is 45.8 Å². The summed E-state index contributed by atoms with van der Waals surface area (Å²) >= 11 is 0. The molecule has 1 fully saturated rings. The number of halogens is 1. The van der Waals surface area contributed by atoms with Gasteiger partial charge in [0.15, 0.2) is 5.96 Å². The molecule has 0 aromatic carbocycles. The Morgan fingerprint density at radius 2 is 2.11 bits per heavy atom. The van der Waals surface area contributed by atoms with Gasteiger partial charge in [-0.2, -0.15) is 0 Å². The van der Waals surface area contributed by atoms with Crippen molar-refractivity contribution in [2.45, 2.75) is 52.1 Å². The Labute approximate surface area is 185 Å². The predicted molar refractivity (Wildman–Crippen MR) is 122 cm³/mol. The molecule has 0 spiro atoms. The van der Waals surface area contributed by atoms with Gasteiger partial charge in [-0.3, -0.25) is 4.99 Å². The van der Waals surface area contributed by atoms with Crippen LogP contribution in [0, 0.1) is 5.92 Å². The van der Waals surface area contributed by atoms with Crippen LogP contribution in [0.5, 0.6) is 0 Å². The van der Waals surface area contributed by atoms with Gasteiger partial charge in [0.1, 0.15) is 11.4 Å². The molecule has 7 nitrogen and oxygen atoms in total. The van der Waals surface area contributed by atoms with Crippen molar-refractivity contribution in [3.05, 3.63) is 24.2 Å². The third-order valence-electron chi connectivity index (χ3n) is 4.48. The van der Waals surface area contributed by atoms with Crippen LogP contribution in [0.3, 0.4) is 0 Å². The van der Waals surface area contributed by atoms with E-state index in [9.17, 15) is 4.79 Å². The Morgan fingerprint density at radius 3 is 2.75 bits per heavy atom. The van der Waals surface area contributed by atoms with Crippen molar-refractivity contribution in [3.63, 3.8) is 0 Å². The van der Waals surface area contributed by atoms with Gasteiger partial charge in [-0.05, 0) is 58.1 Å². The summed E-state index contributed by atoms with van der Waals surface area (Å²) in [4.78, 5) is 18.4. The van der Waals surface area contributed by atoms with E-state index in [1.165, 1.54) is 0 Å². The number of ether oxygens (including phenoxy) is 1. The number of likely N-dealkylation sites (tertiary alicyclic amines) is 1. The summed E-state index contributed by atoms with van der Waals surface area (Å²) in [6, 6.07) is 3.87. The van der Waals surface area contributed by atoms with Crippen molar-refractivity contribution in [2.75, 3.05) is 33.2 Å². The van der Waals surface area contributed by atoms with E-state index in [1.807, 2.05) is 37.8 Å². The highest BCUT2D eigenvalue weighted by molar-refractivity contribution is 14.0. The van der Waals surface area contributed by atoms with E-state index in [0.29, 0.717) is 5.92 Å². The molecule has 2 rings (SSSR count). The van der Waals surface area contributed by atoms with E-state index in [2.05, 4.69) is 15.6 Å². The molecule has 0 bridgehead atoms. The number of piperidine rings is 1. The summed E-state index contributed by atoms with van der Waals surface area (Å²) in [7, 11) is 1.77. The van der Waals surface area contributed by atoms with E-state index in [4.69, 9.17) is 9.15 Å². The molecule has 1 saturated heterocycles. The lowest BCUT2D eigenvalue weighted by Crippen LogP contribution is -2.44. The minimum absolute atomic E-state index is 0. The molecule has 160 valence electrons. The van der Waals surface area contributed by atoms with Gasteiger partial charge < -0.3 is 24.7 Å². The van der Waals surface area contributed by atoms with E-state index >= 15 is 0 Å². The average Bonchev–Trinajstić information content (AvgIpc) is 3.12. The minimum Gasteiger partial charge on any atom is -0.469 e. The maximum Gasteiger partial charge on any atom is 0.410 e. The Kier molecular flexibility index (Phi) is 10.7. The zero-order valence-electron chi connectivity index (χ0n) is 17.5. The second kappa shape index (κ2) is 12.2. The molecular weight excluding hydrogens is 471 g/mol. The van der Waals surface area contributed by atoms with Crippen LogP contribution in [0.25, 0.3) is 0 Å². The molecule has 1 aliphatic heterocycles. The van der Waals surface area contributed by atoms with Crippen molar-refractivity contribution >= 4 is 36.0 Å². The molecule has 1 atom stereocenters. The van der Waals surface area contributed by atoms with Gasteiger partial charge in [0.05, 0.1) is 6.26 Å². The molecule has 2 N–H and O–H groups in total. The van der Waals surface area contributed by atoms with Crippen LogP contribution in [0.2, 0.25) is 0 Å². The predicted octanol–water partition coefficient (Wildman–Crippen LogP) is 3.64. The van der Waals surface area contributed by atoms with Crippen LogP contribution in [-0.4, -0.2) is 55.8 Å². The van der Waals surface area contributed by atoms with Gasteiger partial charge in [0, 0.05) is 39.6 Å². The summed E-state index contributed by atoms with van der Waals surface area (Å²) in [5.41, 5.74) is -0.445. The molecule has 8 heteroatoms. The molecule has 2 heterocycles. The normalized spacial score (nSPS) is 17.6. The molecule has 0 saturated carbocycles. The lowest BCUT2D eigenvalue weighted by atomic mass is 9.95.